The highest BCUT2D eigenvalue weighted by Gasteiger charge is 2.49. The Morgan fingerprint density at radius 3 is 1.79 bits per heavy atom. The lowest BCUT2D eigenvalue weighted by Crippen LogP contribution is -3.15. The number of hydrogen-bond acceptors (Lipinski definition) is 3. The molecular weight excluding hydrogens is 414 g/mol. The lowest BCUT2D eigenvalue weighted by molar-refractivity contribution is -0.929. The van der Waals surface area contributed by atoms with E-state index in [4.69, 9.17) is 0 Å². The minimum absolute atomic E-state index is 0.0964. The Balaban J connectivity index is 1.24. The predicted molar refractivity (Wildman–Crippen MR) is 124 cm³/mol. The number of nitrogens with one attached hydrogen (secondary N) is 1. The fourth-order valence-corrected chi connectivity index (χ4v) is 5.91. The van der Waals surface area contributed by atoms with E-state index in [0.717, 1.165) is 38.8 Å². The Kier molecular flexibility index (Phi) is 6.27. The average Bonchev–Trinajstić information content (AvgIpc) is 3.11. The minimum Gasteiger partial charge on any atom is -0.330 e. The second-order valence-corrected chi connectivity index (χ2v) is 9.55. The van der Waals surface area contributed by atoms with Gasteiger partial charge in [-0.05, 0) is 12.8 Å². The van der Waals surface area contributed by atoms with Gasteiger partial charge in [-0.3, -0.25) is 19.3 Å². The van der Waals surface area contributed by atoms with Crippen molar-refractivity contribution in [1.29, 1.82) is 0 Å². The van der Waals surface area contributed by atoms with Gasteiger partial charge in [-0.25, -0.2) is 0 Å². The molecule has 2 saturated heterocycles. The maximum atomic E-state index is 13.0. The summed E-state index contributed by atoms with van der Waals surface area (Å²) in [6.45, 7) is 2.82. The summed E-state index contributed by atoms with van der Waals surface area (Å²) >= 11 is 0. The molecule has 5 rings (SSSR count). The number of fused-ring (bicyclic) bond motifs is 1. The lowest BCUT2D eigenvalue weighted by Gasteiger charge is -2.37. The Bertz CT molecular complexity index is 938. The van der Waals surface area contributed by atoms with Gasteiger partial charge >= 0.3 is 0 Å². The summed E-state index contributed by atoms with van der Waals surface area (Å²) in [6, 6.07) is 21.3. The zero-order chi connectivity index (χ0) is 22.8. The molecule has 0 bridgehead atoms. The standard InChI is InChI=1S/C27H31N3O3/c31-24(19-30-26(32)22-13-7-8-14-23(22)27(30)33)28-15-17-29(18-16-28)25(20-9-3-1-4-10-20)21-11-5-2-6-12-21/h1-6,9-12,22-23,25H,7-8,13-19H2/p+1/t22-,23+. The van der Waals surface area contributed by atoms with Crippen LogP contribution in [0.5, 0.6) is 0 Å². The summed E-state index contributed by atoms with van der Waals surface area (Å²) in [4.78, 5) is 43.1. The monoisotopic (exact) mass is 446 g/mol. The van der Waals surface area contributed by atoms with Crippen molar-refractivity contribution in [3.05, 3.63) is 71.8 Å². The second-order valence-electron chi connectivity index (χ2n) is 9.55. The van der Waals surface area contributed by atoms with Crippen molar-refractivity contribution in [2.75, 3.05) is 32.7 Å². The third-order valence-electron chi connectivity index (χ3n) is 7.66. The number of amides is 3. The van der Waals surface area contributed by atoms with Gasteiger partial charge in [0.25, 0.3) is 0 Å². The van der Waals surface area contributed by atoms with Crippen molar-refractivity contribution in [3.63, 3.8) is 0 Å². The summed E-state index contributed by atoms with van der Waals surface area (Å²) in [5.41, 5.74) is 2.55. The molecule has 2 aromatic rings. The van der Waals surface area contributed by atoms with E-state index >= 15 is 0 Å². The maximum Gasteiger partial charge on any atom is 0.243 e. The van der Waals surface area contributed by atoms with E-state index in [2.05, 4.69) is 48.5 Å². The van der Waals surface area contributed by atoms with E-state index in [1.807, 2.05) is 17.0 Å². The third kappa shape index (κ3) is 4.32. The number of benzene rings is 2. The molecule has 3 fully saturated rings. The number of piperazine rings is 1. The average molecular weight is 447 g/mol. The first-order valence-corrected chi connectivity index (χ1v) is 12.2. The fraction of sp³-hybridized carbons (Fsp3) is 0.444. The first-order chi connectivity index (χ1) is 16.1. The Labute approximate surface area is 195 Å². The molecule has 6 nitrogen and oxygen atoms in total. The SMILES string of the molecule is O=C(CN1C(=O)[C@H]2CCCC[C@H]2C1=O)N1CC[NH+](C(c2ccccc2)c2ccccc2)CC1. The third-order valence-corrected chi connectivity index (χ3v) is 7.66. The molecule has 33 heavy (non-hydrogen) atoms. The van der Waals surface area contributed by atoms with Gasteiger partial charge in [0.1, 0.15) is 12.6 Å². The van der Waals surface area contributed by atoms with E-state index in [0.29, 0.717) is 13.1 Å². The van der Waals surface area contributed by atoms with Crippen LogP contribution < -0.4 is 4.90 Å². The van der Waals surface area contributed by atoms with Crippen LogP contribution >= 0.6 is 0 Å². The molecule has 2 aliphatic heterocycles. The minimum atomic E-state index is -0.196. The second kappa shape index (κ2) is 9.48. The molecule has 0 unspecified atom stereocenters. The fourth-order valence-electron chi connectivity index (χ4n) is 5.91. The van der Waals surface area contributed by atoms with Crippen LogP contribution in [-0.2, 0) is 14.4 Å². The zero-order valence-electron chi connectivity index (χ0n) is 19.0. The number of likely N-dealkylation sites (tertiary alicyclic amines) is 1. The van der Waals surface area contributed by atoms with Crippen LogP contribution in [-0.4, -0.2) is 60.2 Å². The van der Waals surface area contributed by atoms with Crippen molar-refractivity contribution >= 4 is 17.7 Å². The number of rotatable bonds is 5. The first-order valence-electron chi connectivity index (χ1n) is 12.2. The number of imide groups is 1. The molecule has 2 heterocycles. The van der Waals surface area contributed by atoms with Gasteiger partial charge in [-0.1, -0.05) is 73.5 Å². The molecule has 2 aromatic carbocycles. The van der Waals surface area contributed by atoms with Gasteiger partial charge in [-0.2, -0.15) is 0 Å². The summed E-state index contributed by atoms with van der Waals surface area (Å²) in [6.07, 6.45) is 3.55. The highest BCUT2D eigenvalue weighted by Crippen LogP contribution is 2.37. The van der Waals surface area contributed by atoms with Crippen LogP contribution in [0.25, 0.3) is 0 Å². The molecule has 1 N–H and O–H groups in total. The molecule has 0 aromatic heterocycles. The molecule has 6 heteroatoms. The number of carbonyl (C=O) groups is 3. The molecule has 3 aliphatic rings. The van der Waals surface area contributed by atoms with Crippen LogP contribution in [0, 0.1) is 11.8 Å². The smallest absolute Gasteiger partial charge is 0.243 e. The Morgan fingerprint density at radius 1 is 0.818 bits per heavy atom. The van der Waals surface area contributed by atoms with Crippen LogP contribution in [0.2, 0.25) is 0 Å². The molecule has 0 radical (unpaired) electrons. The van der Waals surface area contributed by atoms with E-state index in [1.54, 1.807) is 0 Å². The normalized spacial score (nSPS) is 23.8. The van der Waals surface area contributed by atoms with Crippen molar-refractivity contribution in [2.45, 2.75) is 31.7 Å². The van der Waals surface area contributed by atoms with E-state index < -0.39 is 0 Å². The Hall–Kier alpha value is -2.99. The highest BCUT2D eigenvalue weighted by atomic mass is 16.2. The van der Waals surface area contributed by atoms with Gasteiger partial charge < -0.3 is 9.80 Å². The quantitative estimate of drug-likeness (QED) is 0.711. The number of carbonyl (C=O) groups excluding carboxylic acids is 3. The number of quaternary nitrogens is 1. The largest absolute Gasteiger partial charge is 0.330 e. The van der Waals surface area contributed by atoms with Crippen molar-refractivity contribution in [1.82, 2.24) is 9.80 Å². The van der Waals surface area contributed by atoms with Crippen molar-refractivity contribution in [2.24, 2.45) is 11.8 Å². The highest BCUT2D eigenvalue weighted by molar-refractivity contribution is 6.07. The van der Waals surface area contributed by atoms with E-state index in [-0.39, 0.29) is 42.1 Å². The van der Waals surface area contributed by atoms with Gasteiger partial charge in [0.15, 0.2) is 0 Å². The molecule has 3 amide bonds. The van der Waals surface area contributed by atoms with E-state index in [9.17, 15) is 14.4 Å². The topological polar surface area (TPSA) is 62.1 Å². The van der Waals surface area contributed by atoms with Crippen molar-refractivity contribution < 1.29 is 19.3 Å². The maximum absolute atomic E-state index is 13.0. The zero-order valence-corrected chi connectivity index (χ0v) is 19.0. The molecule has 1 saturated carbocycles. The summed E-state index contributed by atoms with van der Waals surface area (Å²) < 4.78 is 0. The summed E-state index contributed by atoms with van der Waals surface area (Å²) in [5, 5.41) is 0. The van der Waals surface area contributed by atoms with Gasteiger partial charge in [0.05, 0.1) is 38.0 Å². The van der Waals surface area contributed by atoms with Crippen LogP contribution in [0.15, 0.2) is 60.7 Å². The summed E-state index contributed by atoms with van der Waals surface area (Å²) in [7, 11) is 0. The number of hydrogen-bond donors (Lipinski definition) is 1. The molecule has 1 aliphatic carbocycles. The van der Waals surface area contributed by atoms with Gasteiger partial charge in [0, 0.05) is 11.1 Å². The van der Waals surface area contributed by atoms with Crippen LogP contribution in [0.1, 0.15) is 42.9 Å². The number of nitrogens with zero attached hydrogens (tertiary/aromatic N) is 2. The van der Waals surface area contributed by atoms with Gasteiger partial charge in [0.2, 0.25) is 17.7 Å². The Morgan fingerprint density at radius 2 is 1.30 bits per heavy atom. The molecule has 172 valence electrons. The molecule has 2 atom stereocenters. The molecule has 0 spiro atoms. The first kappa shape index (κ1) is 21.8. The van der Waals surface area contributed by atoms with Crippen LogP contribution in [0.4, 0.5) is 0 Å². The summed E-state index contributed by atoms with van der Waals surface area (Å²) in [5.74, 6) is -0.757. The van der Waals surface area contributed by atoms with E-state index in [1.165, 1.54) is 20.9 Å². The predicted octanol–water partition coefficient (Wildman–Crippen LogP) is 1.68. The van der Waals surface area contributed by atoms with Crippen molar-refractivity contribution in [3.8, 4) is 0 Å². The molecular formula is C27H32N3O3+. The van der Waals surface area contributed by atoms with Crippen LogP contribution in [0.3, 0.4) is 0 Å². The lowest BCUT2D eigenvalue weighted by atomic mass is 9.81. The van der Waals surface area contributed by atoms with Gasteiger partial charge in [-0.15, -0.1) is 0 Å².